The first-order chi connectivity index (χ1) is 8.31. The Labute approximate surface area is 103 Å². The molecule has 0 radical (unpaired) electrons. The van der Waals surface area contributed by atoms with Crippen LogP contribution in [0.3, 0.4) is 0 Å². The Morgan fingerprint density at radius 1 is 1.50 bits per heavy atom. The lowest BCUT2D eigenvalue weighted by Crippen LogP contribution is -2.38. The summed E-state index contributed by atoms with van der Waals surface area (Å²) in [6.07, 6.45) is -2.72. The summed E-state index contributed by atoms with van der Waals surface area (Å²) in [4.78, 5) is 4.06. The Bertz CT molecular complexity index is 418. The number of hydrogen-bond donors (Lipinski definition) is 1. The van der Waals surface area contributed by atoms with E-state index < -0.39 is 18.0 Å². The highest BCUT2D eigenvalue weighted by atomic mass is 19.4. The lowest BCUT2D eigenvalue weighted by Gasteiger charge is -2.23. The predicted octanol–water partition coefficient (Wildman–Crippen LogP) is 2.33. The molecule has 4 nitrogen and oxygen atoms in total. The van der Waals surface area contributed by atoms with E-state index >= 15 is 0 Å². The number of hydrogen-bond acceptors (Lipinski definition) is 4. The number of nitrogens with two attached hydrogens (primary N) is 1. The van der Waals surface area contributed by atoms with Crippen LogP contribution in [-0.4, -0.2) is 22.4 Å². The number of aryl methyl sites for hydroxylation is 1. The SMILES string of the molecule is CC1(c2nc(CCC(F)(F)F)no2)CCCC1N. The number of alkyl halides is 3. The Morgan fingerprint density at radius 2 is 2.22 bits per heavy atom. The normalized spacial score (nSPS) is 28.8. The maximum absolute atomic E-state index is 12.1. The molecule has 0 spiro atoms. The van der Waals surface area contributed by atoms with Crippen molar-refractivity contribution in [1.29, 1.82) is 0 Å². The van der Waals surface area contributed by atoms with Crippen molar-refractivity contribution in [2.45, 2.75) is 56.7 Å². The standard InChI is InChI=1S/C11H16F3N3O/c1-10(5-2-3-7(10)15)9-16-8(17-18-9)4-6-11(12,13)14/h7H,2-6,15H2,1H3. The molecule has 102 valence electrons. The van der Waals surface area contributed by atoms with Gasteiger partial charge in [-0.05, 0) is 19.8 Å². The van der Waals surface area contributed by atoms with Crippen molar-refractivity contribution in [2.24, 2.45) is 5.73 Å². The van der Waals surface area contributed by atoms with E-state index in [1.54, 1.807) is 0 Å². The molecule has 18 heavy (non-hydrogen) atoms. The van der Waals surface area contributed by atoms with Crippen molar-refractivity contribution in [3.8, 4) is 0 Å². The van der Waals surface area contributed by atoms with Crippen LogP contribution < -0.4 is 5.73 Å². The number of aromatic nitrogens is 2. The quantitative estimate of drug-likeness (QED) is 0.909. The average molecular weight is 263 g/mol. The summed E-state index contributed by atoms with van der Waals surface area (Å²) in [7, 11) is 0. The first kappa shape index (κ1) is 13.3. The molecule has 0 aliphatic heterocycles. The fraction of sp³-hybridized carbons (Fsp3) is 0.818. The van der Waals surface area contributed by atoms with Crippen LogP contribution in [0.1, 0.15) is 44.3 Å². The molecule has 1 fully saturated rings. The fourth-order valence-electron chi connectivity index (χ4n) is 2.30. The van der Waals surface area contributed by atoms with Crippen LogP contribution in [0.2, 0.25) is 0 Å². The van der Waals surface area contributed by atoms with Gasteiger partial charge in [0.25, 0.3) is 0 Å². The summed E-state index contributed by atoms with van der Waals surface area (Å²) in [5.41, 5.74) is 5.59. The van der Waals surface area contributed by atoms with Gasteiger partial charge in [-0.25, -0.2) is 0 Å². The molecule has 1 aromatic rings. The van der Waals surface area contributed by atoms with Crippen LogP contribution in [0, 0.1) is 0 Å². The van der Waals surface area contributed by atoms with E-state index in [0.717, 1.165) is 19.3 Å². The molecule has 0 amide bonds. The summed E-state index contributed by atoms with van der Waals surface area (Å²) in [6, 6.07) is -0.0755. The van der Waals surface area contributed by atoms with Crippen molar-refractivity contribution in [2.75, 3.05) is 0 Å². The molecule has 0 aromatic carbocycles. The molecule has 1 saturated carbocycles. The zero-order valence-electron chi connectivity index (χ0n) is 10.1. The molecular weight excluding hydrogens is 247 g/mol. The van der Waals surface area contributed by atoms with Crippen LogP contribution >= 0.6 is 0 Å². The van der Waals surface area contributed by atoms with E-state index in [1.807, 2.05) is 6.92 Å². The molecule has 1 aliphatic rings. The van der Waals surface area contributed by atoms with E-state index in [-0.39, 0.29) is 18.3 Å². The summed E-state index contributed by atoms with van der Waals surface area (Å²) in [5.74, 6) is 0.465. The van der Waals surface area contributed by atoms with Crippen LogP contribution in [0.4, 0.5) is 13.2 Å². The zero-order chi connectivity index (χ0) is 13.4. The van der Waals surface area contributed by atoms with Gasteiger partial charge in [0.15, 0.2) is 5.82 Å². The van der Waals surface area contributed by atoms with Gasteiger partial charge >= 0.3 is 6.18 Å². The Hall–Kier alpha value is -1.11. The average Bonchev–Trinajstić information content (AvgIpc) is 2.84. The van der Waals surface area contributed by atoms with Gasteiger partial charge in [0.2, 0.25) is 5.89 Å². The van der Waals surface area contributed by atoms with E-state index in [9.17, 15) is 13.2 Å². The Morgan fingerprint density at radius 3 is 2.78 bits per heavy atom. The molecule has 1 aromatic heterocycles. The monoisotopic (exact) mass is 263 g/mol. The first-order valence-corrected chi connectivity index (χ1v) is 5.97. The molecular formula is C11H16F3N3O. The third-order valence-corrected chi connectivity index (χ3v) is 3.62. The van der Waals surface area contributed by atoms with Crippen molar-refractivity contribution >= 4 is 0 Å². The fourth-order valence-corrected chi connectivity index (χ4v) is 2.30. The topological polar surface area (TPSA) is 64.9 Å². The maximum Gasteiger partial charge on any atom is 0.389 e. The van der Waals surface area contributed by atoms with E-state index in [1.165, 1.54) is 0 Å². The van der Waals surface area contributed by atoms with Gasteiger partial charge in [-0.3, -0.25) is 0 Å². The maximum atomic E-state index is 12.1. The predicted molar refractivity (Wildman–Crippen MR) is 57.9 cm³/mol. The molecule has 7 heteroatoms. The minimum Gasteiger partial charge on any atom is -0.339 e. The summed E-state index contributed by atoms with van der Waals surface area (Å²) >= 11 is 0. The minimum atomic E-state index is -4.20. The van der Waals surface area contributed by atoms with Crippen LogP contribution in [0.25, 0.3) is 0 Å². The van der Waals surface area contributed by atoms with E-state index in [2.05, 4.69) is 10.1 Å². The van der Waals surface area contributed by atoms with Crippen LogP contribution in [0.5, 0.6) is 0 Å². The zero-order valence-corrected chi connectivity index (χ0v) is 10.1. The number of nitrogens with zero attached hydrogens (tertiary/aromatic N) is 2. The number of halogens is 3. The van der Waals surface area contributed by atoms with Gasteiger partial charge in [0.1, 0.15) is 0 Å². The molecule has 1 heterocycles. The third-order valence-electron chi connectivity index (χ3n) is 3.62. The summed E-state index contributed by atoms with van der Waals surface area (Å²) in [6.45, 7) is 1.92. The van der Waals surface area contributed by atoms with Gasteiger partial charge in [0.05, 0.1) is 11.8 Å². The lowest BCUT2D eigenvalue weighted by molar-refractivity contribution is -0.134. The third kappa shape index (κ3) is 2.66. The smallest absolute Gasteiger partial charge is 0.339 e. The van der Waals surface area contributed by atoms with E-state index in [4.69, 9.17) is 10.3 Å². The van der Waals surface area contributed by atoms with Crippen LogP contribution in [0.15, 0.2) is 4.52 Å². The second kappa shape index (κ2) is 4.53. The summed E-state index contributed by atoms with van der Waals surface area (Å²) in [5, 5.41) is 3.60. The van der Waals surface area contributed by atoms with Crippen LogP contribution in [-0.2, 0) is 11.8 Å². The van der Waals surface area contributed by atoms with Gasteiger partial charge in [-0.15, -0.1) is 0 Å². The highest BCUT2D eigenvalue weighted by molar-refractivity contribution is 5.11. The van der Waals surface area contributed by atoms with Crippen molar-refractivity contribution in [1.82, 2.24) is 10.1 Å². The van der Waals surface area contributed by atoms with Crippen molar-refractivity contribution in [3.63, 3.8) is 0 Å². The highest BCUT2D eigenvalue weighted by Gasteiger charge is 2.42. The molecule has 0 bridgehead atoms. The van der Waals surface area contributed by atoms with Crippen molar-refractivity contribution in [3.05, 3.63) is 11.7 Å². The Balaban J connectivity index is 2.06. The molecule has 2 N–H and O–H groups in total. The molecule has 0 saturated heterocycles. The first-order valence-electron chi connectivity index (χ1n) is 5.97. The molecule has 2 atom stereocenters. The van der Waals surface area contributed by atoms with Crippen molar-refractivity contribution < 1.29 is 17.7 Å². The summed E-state index contributed by atoms with van der Waals surface area (Å²) < 4.78 is 41.3. The van der Waals surface area contributed by atoms with Gasteiger partial charge < -0.3 is 10.3 Å². The molecule has 2 rings (SSSR count). The lowest BCUT2D eigenvalue weighted by atomic mass is 9.85. The van der Waals surface area contributed by atoms with Gasteiger partial charge in [0, 0.05) is 12.5 Å². The van der Waals surface area contributed by atoms with E-state index in [0.29, 0.717) is 5.89 Å². The second-order valence-electron chi connectivity index (χ2n) is 5.05. The minimum absolute atomic E-state index is 0.0755. The van der Waals surface area contributed by atoms with Gasteiger partial charge in [-0.2, -0.15) is 18.2 Å². The largest absolute Gasteiger partial charge is 0.389 e. The molecule has 2 unspecified atom stereocenters. The Kier molecular flexibility index (Phi) is 3.35. The highest BCUT2D eigenvalue weighted by Crippen LogP contribution is 2.39. The number of rotatable bonds is 3. The molecule has 1 aliphatic carbocycles. The van der Waals surface area contributed by atoms with Gasteiger partial charge in [-0.1, -0.05) is 11.6 Å². The second-order valence-corrected chi connectivity index (χ2v) is 5.05.